The minimum atomic E-state index is -5.19. The molecule has 5 amide bonds. The number of hydrogen-bond donors (Lipinski definition) is 3. The number of fused-ring (bicyclic) bond motifs is 1. The summed E-state index contributed by atoms with van der Waals surface area (Å²) < 4.78 is 39.0. The van der Waals surface area contributed by atoms with Crippen LogP contribution in [0.5, 0.6) is 0 Å². The maximum atomic E-state index is 13.6. The molecule has 3 N–H and O–H groups in total. The lowest BCUT2D eigenvalue weighted by Gasteiger charge is -2.38. The van der Waals surface area contributed by atoms with Crippen LogP contribution in [-0.2, 0) is 24.0 Å². The molecular formula is C24H35ClF3N5O5. The standard InChI is InChI=1S/C24H35ClF3N5O5/c1-22(2,3)17(30-21(38)24(26,27)28)20(37)32-11-13-15(23(13,4)5)16(32)19(36)31-33(14(34)9-25)10-12-7-6-8-29-18(12)35/h12-13,15-17H,6-11H2,1-5H3,(H,29,35)(H,30,38)(H,31,36)/t12-,13-,15-,16-,17+/m0/s1. The third-order valence-corrected chi connectivity index (χ3v) is 8.10. The van der Waals surface area contributed by atoms with Gasteiger partial charge in [-0.3, -0.25) is 34.4 Å². The highest BCUT2D eigenvalue weighted by Gasteiger charge is 2.70. The summed E-state index contributed by atoms with van der Waals surface area (Å²) in [6.07, 6.45) is -3.98. The third-order valence-electron chi connectivity index (χ3n) is 7.87. The Morgan fingerprint density at radius 1 is 1.21 bits per heavy atom. The SMILES string of the molecule is CC(C)(C)[C@H](NC(=O)C(F)(F)F)C(=O)N1C[C@H]2[C@@H]([C@H]1C(=O)NN(C[C@@H]1CCCNC1=O)C(=O)CCl)C2(C)C. The molecule has 2 aliphatic heterocycles. The molecular weight excluding hydrogens is 531 g/mol. The molecule has 5 atom stereocenters. The third kappa shape index (κ3) is 6.02. The van der Waals surface area contributed by atoms with Gasteiger partial charge in [-0.1, -0.05) is 34.6 Å². The van der Waals surface area contributed by atoms with Gasteiger partial charge in [0.05, 0.1) is 12.5 Å². The molecule has 0 radical (unpaired) electrons. The number of hydrazine groups is 1. The zero-order valence-corrected chi connectivity index (χ0v) is 22.8. The van der Waals surface area contributed by atoms with E-state index in [1.165, 1.54) is 25.7 Å². The summed E-state index contributed by atoms with van der Waals surface area (Å²) >= 11 is 5.74. The minimum Gasteiger partial charge on any atom is -0.356 e. The normalized spacial score (nSPS) is 27.1. The molecule has 0 bridgehead atoms. The van der Waals surface area contributed by atoms with Crippen LogP contribution in [0.3, 0.4) is 0 Å². The van der Waals surface area contributed by atoms with Gasteiger partial charge < -0.3 is 15.5 Å². The average Bonchev–Trinajstić information content (AvgIpc) is 3.15. The number of amides is 5. The lowest BCUT2D eigenvalue weighted by Crippen LogP contribution is -2.62. The number of carbonyl (C=O) groups is 5. The number of piperidine rings is 2. The van der Waals surface area contributed by atoms with Crippen LogP contribution in [-0.4, -0.2) is 83.2 Å². The highest BCUT2D eigenvalue weighted by Crippen LogP contribution is 2.65. The van der Waals surface area contributed by atoms with E-state index in [1.54, 1.807) is 5.32 Å². The van der Waals surface area contributed by atoms with Gasteiger partial charge in [-0.25, -0.2) is 0 Å². The molecule has 2 heterocycles. The van der Waals surface area contributed by atoms with Crippen molar-refractivity contribution in [2.24, 2.45) is 28.6 Å². The zero-order valence-electron chi connectivity index (χ0n) is 22.1. The Morgan fingerprint density at radius 2 is 1.84 bits per heavy atom. The molecule has 0 aromatic heterocycles. The molecule has 3 aliphatic rings. The second-order valence-electron chi connectivity index (χ2n) is 11.9. The van der Waals surface area contributed by atoms with E-state index in [0.717, 1.165) is 5.01 Å². The smallest absolute Gasteiger partial charge is 0.356 e. The summed E-state index contributed by atoms with van der Waals surface area (Å²) in [5.74, 6) is -6.11. The van der Waals surface area contributed by atoms with Crippen molar-refractivity contribution in [2.45, 2.75) is 65.7 Å². The first-order valence-corrected chi connectivity index (χ1v) is 13.1. The van der Waals surface area contributed by atoms with Gasteiger partial charge in [0.25, 0.3) is 11.8 Å². The topological polar surface area (TPSA) is 128 Å². The van der Waals surface area contributed by atoms with Gasteiger partial charge >= 0.3 is 12.1 Å². The first-order valence-electron chi connectivity index (χ1n) is 12.5. The molecule has 0 spiro atoms. The van der Waals surface area contributed by atoms with Crippen LogP contribution in [0.1, 0.15) is 47.5 Å². The van der Waals surface area contributed by atoms with Crippen LogP contribution in [0.2, 0.25) is 0 Å². The van der Waals surface area contributed by atoms with Crippen LogP contribution in [0.25, 0.3) is 0 Å². The van der Waals surface area contributed by atoms with Gasteiger partial charge in [-0.05, 0) is 35.5 Å². The van der Waals surface area contributed by atoms with E-state index in [9.17, 15) is 37.1 Å². The Hall–Kier alpha value is -2.57. The Morgan fingerprint density at radius 3 is 2.37 bits per heavy atom. The maximum absolute atomic E-state index is 13.6. The Labute approximate surface area is 224 Å². The van der Waals surface area contributed by atoms with Gasteiger partial charge in [0.2, 0.25) is 11.8 Å². The number of carbonyl (C=O) groups excluding carboxylic acids is 5. The molecule has 14 heteroatoms. The highest BCUT2D eigenvalue weighted by atomic mass is 35.5. The minimum absolute atomic E-state index is 0.0950. The number of nitrogens with zero attached hydrogens (tertiary/aromatic N) is 2. The van der Waals surface area contributed by atoms with Crippen molar-refractivity contribution in [3.8, 4) is 0 Å². The quantitative estimate of drug-likeness (QED) is 0.329. The van der Waals surface area contributed by atoms with Crippen molar-refractivity contribution in [1.82, 2.24) is 26.0 Å². The fourth-order valence-corrected chi connectivity index (χ4v) is 5.70. The van der Waals surface area contributed by atoms with Gasteiger partial charge in [0, 0.05) is 13.1 Å². The zero-order chi connectivity index (χ0) is 28.8. The molecule has 0 unspecified atom stereocenters. The molecule has 3 fully saturated rings. The maximum Gasteiger partial charge on any atom is 0.471 e. The van der Waals surface area contributed by atoms with Crippen LogP contribution in [0.4, 0.5) is 13.2 Å². The molecule has 38 heavy (non-hydrogen) atoms. The number of halogens is 4. The molecule has 214 valence electrons. The van der Waals surface area contributed by atoms with E-state index in [0.29, 0.717) is 19.4 Å². The molecule has 0 aromatic carbocycles. The number of rotatable bonds is 6. The second kappa shape index (κ2) is 10.5. The van der Waals surface area contributed by atoms with Gasteiger partial charge in [-0.2, -0.15) is 13.2 Å². The summed E-state index contributed by atoms with van der Waals surface area (Å²) in [4.78, 5) is 64.9. The molecule has 2 saturated heterocycles. The van der Waals surface area contributed by atoms with Gasteiger partial charge in [0.1, 0.15) is 18.0 Å². The Bertz CT molecular complexity index is 999. The predicted molar refractivity (Wildman–Crippen MR) is 130 cm³/mol. The first kappa shape index (κ1) is 30.0. The number of nitrogens with one attached hydrogen (secondary N) is 3. The monoisotopic (exact) mass is 565 g/mol. The Kier molecular flexibility index (Phi) is 8.31. The molecule has 10 nitrogen and oxygen atoms in total. The number of alkyl halides is 4. The van der Waals surface area contributed by atoms with Gasteiger partial charge in [0.15, 0.2) is 0 Å². The lowest BCUT2D eigenvalue weighted by atomic mass is 9.85. The van der Waals surface area contributed by atoms with Crippen LogP contribution < -0.4 is 16.1 Å². The second-order valence-corrected chi connectivity index (χ2v) is 12.2. The van der Waals surface area contributed by atoms with E-state index in [-0.39, 0.29) is 36.2 Å². The van der Waals surface area contributed by atoms with Crippen molar-refractivity contribution in [2.75, 3.05) is 25.5 Å². The summed E-state index contributed by atoms with van der Waals surface area (Å²) in [5.41, 5.74) is 1.09. The van der Waals surface area contributed by atoms with Crippen molar-refractivity contribution >= 4 is 41.1 Å². The fraction of sp³-hybridized carbons (Fsp3) is 0.792. The fourth-order valence-electron chi connectivity index (χ4n) is 5.55. The summed E-state index contributed by atoms with van der Waals surface area (Å²) in [7, 11) is 0. The van der Waals surface area contributed by atoms with E-state index < -0.39 is 59.1 Å². The number of likely N-dealkylation sites (tertiary alicyclic amines) is 1. The Balaban J connectivity index is 1.85. The van der Waals surface area contributed by atoms with E-state index in [1.807, 2.05) is 13.8 Å². The van der Waals surface area contributed by atoms with E-state index in [2.05, 4.69) is 10.7 Å². The lowest BCUT2D eigenvalue weighted by molar-refractivity contribution is -0.176. The summed E-state index contributed by atoms with van der Waals surface area (Å²) in [6.45, 7) is 8.89. The van der Waals surface area contributed by atoms with Crippen molar-refractivity contribution in [3.05, 3.63) is 0 Å². The summed E-state index contributed by atoms with van der Waals surface area (Å²) in [5, 5.41) is 5.48. The summed E-state index contributed by atoms with van der Waals surface area (Å²) in [6, 6.07) is -2.65. The average molecular weight is 566 g/mol. The number of hydrogen-bond acceptors (Lipinski definition) is 5. The molecule has 0 aromatic rings. The van der Waals surface area contributed by atoms with Crippen LogP contribution >= 0.6 is 11.6 Å². The first-order chi connectivity index (χ1) is 17.4. The van der Waals surface area contributed by atoms with Crippen molar-refractivity contribution < 1.29 is 37.1 Å². The van der Waals surface area contributed by atoms with E-state index >= 15 is 0 Å². The van der Waals surface area contributed by atoms with Crippen molar-refractivity contribution in [1.29, 1.82) is 0 Å². The van der Waals surface area contributed by atoms with Crippen molar-refractivity contribution in [3.63, 3.8) is 0 Å². The van der Waals surface area contributed by atoms with Crippen LogP contribution in [0.15, 0.2) is 0 Å². The predicted octanol–water partition coefficient (Wildman–Crippen LogP) is 1.19. The van der Waals surface area contributed by atoms with Crippen LogP contribution in [0, 0.1) is 28.6 Å². The molecule has 1 aliphatic carbocycles. The molecule has 3 rings (SSSR count). The highest BCUT2D eigenvalue weighted by molar-refractivity contribution is 6.27. The van der Waals surface area contributed by atoms with Gasteiger partial charge in [-0.15, -0.1) is 11.6 Å². The largest absolute Gasteiger partial charge is 0.471 e. The molecule has 1 saturated carbocycles. The van der Waals surface area contributed by atoms with E-state index in [4.69, 9.17) is 11.6 Å².